The van der Waals surface area contributed by atoms with Gasteiger partial charge in [-0.2, -0.15) is 0 Å². The number of hydrogen-bond acceptors (Lipinski definition) is 5. The number of rotatable bonds is 5. The second-order valence-corrected chi connectivity index (χ2v) is 13.3. The lowest BCUT2D eigenvalue weighted by molar-refractivity contribution is -0.202. The van der Waals surface area contributed by atoms with Crippen molar-refractivity contribution in [1.29, 1.82) is 0 Å². The molecule has 2 N–H and O–H groups in total. The average Bonchev–Trinajstić information content (AvgIpc) is 3.46. The zero-order chi connectivity index (χ0) is 24.3. The first kappa shape index (κ1) is 24.2. The third kappa shape index (κ3) is 3.87. The van der Waals surface area contributed by atoms with Gasteiger partial charge in [-0.3, -0.25) is 0 Å². The average molecular weight is 483 g/mol. The Hall–Kier alpha value is -1.17. The molecule has 194 valence electrons. The Morgan fingerprint density at radius 1 is 1.03 bits per heavy atom. The molecule has 0 bridgehead atoms. The van der Waals surface area contributed by atoms with E-state index < -0.39 is 5.60 Å². The van der Waals surface area contributed by atoms with E-state index in [0.29, 0.717) is 23.3 Å². The summed E-state index contributed by atoms with van der Waals surface area (Å²) in [6.45, 7) is 9.84. The zero-order valence-electron chi connectivity index (χ0n) is 21.9. The van der Waals surface area contributed by atoms with Gasteiger partial charge in [-0.1, -0.05) is 13.8 Å². The van der Waals surface area contributed by atoms with Gasteiger partial charge < -0.3 is 19.7 Å². The molecule has 1 aliphatic heterocycles. The van der Waals surface area contributed by atoms with Crippen LogP contribution in [0.25, 0.3) is 0 Å². The second kappa shape index (κ2) is 8.99. The SMILES string of the molecule is C[C@]12CC[C@H](NCCN3CCCC3)CC1CC[C@@H]1[C@@H]2CC[C@]2(C)[C@@H](c3ccc(=O)oc3)CC[C@]12O. The summed E-state index contributed by atoms with van der Waals surface area (Å²) in [5, 5.41) is 16.3. The Balaban J connectivity index is 1.14. The van der Waals surface area contributed by atoms with Crippen LogP contribution in [0.15, 0.2) is 27.6 Å². The molecule has 5 nitrogen and oxygen atoms in total. The van der Waals surface area contributed by atoms with E-state index in [0.717, 1.165) is 37.3 Å². The summed E-state index contributed by atoms with van der Waals surface area (Å²) in [5.41, 5.74) is 0.441. The lowest BCUT2D eigenvalue weighted by Crippen LogP contribution is -2.62. The van der Waals surface area contributed by atoms with Gasteiger partial charge in [0.05, 0.1) is 11.9 Å². The lowest BCUT2D eigenvalue weighted by Gasteiger charge is -2.64. The summed E-state index contributed by atoms with van der Waals surface area (Å²) in [6, 6.07) is 4.16. The van der Waals surface area contributed by atoms with Crippen molar-refractivity contribution < 1.29 is 9.52 Å². The summed E-state index contributed by atoms with van der Waals surface area (Å²) in [6.07, 6.45) is 15.0. The van der Waals surface area contributed by atoms with Crippen LogP contribution in [-0.2, 0) is 0 Å². The Morgan fingerprint density at radius 2 is 1.86 bits per heavy atom. The van der Waals surface area contributed by atoms with Crippen molar-refractivity contribution in [3.05, 3.63) is 34.4 Å². The summed E-state index contributed by atoms with van der Waals surface area (Å²) in [7, 11) is 0. The number of aliphatic hydroxyl groups is 1. The minimum absolute atomic E-state index is 0.133. The van der Waals surface area contributed by atoms with Crippen LogP contribution < -0.4 is 10.9 Å². The number of nitrogens with one attached hydrogen (secondary N) is 1. The third-order valence-electron chi connectivity index (χ3n) is 12.0. The van der Waals surface area contributed by atoms with E-state index in [9.17, 15) is 9.90 Å². The first-order valence-corrected chi connectivity index (χ1v) is 14.6. The molecule has 5 aliphatic rings. The van der Waals surface area contributed by atoms with E-state index in [4.69, 9.17) is 4.42 Å². The molecule has 0 radical (unpaired) electrons. The van der Waals surface area contributed by atoms with Gasteiger partial charge in [0.1, 0.15) is 0 Å². The molecule has 2 heterocycles. The molecular formula is C30H46N2O3. The van der Waals surface area contributed by atoms with Crippen LogP contribution in [0.1, 0.15) is 96.0 Å². The van der Waals surface area contributed by atoms with Crippen LogP contribution in [-0.4, -0.2) is 47.8 Å². The molecule has 8 atom stereocenters. The molecule has 5 heteroatoms. The van der Waals surface area contributed by atoms with E-state index in [2.05, 4.69) is 24.1 Å². The predicted octanol–water partition coefficient (Wildman–Crippen LogP) is 4.94. The standard InChI is InChI=1S/C30H46N2O3/c1-28-12-9-23(31-15-18-32-16-3-4-17-32)19-22(28)6-7-26-25(28)10-13-29(2)24(11-14-30(26,29)34)21-5-8-27(33)35-20-21/h5,8,20,22-26,31,34H,3-4,6-7,9-19H2,1-2H3/t22?,23-,24+,25-,26+,28-,29+,30-/m0/s1. The number of fused-ring (bicyclic) bond motifs is 5. The van der Waals surface area contributed by atoms with Crippen LogP contribution in [0.2, 0.25) is 0 Å². The Labute approximate surface area is 211 Å². The molecule has 4 saturated carbocycles. The van der Waals surface area contributed by atoms with Gasteiger partial charge >= 0.3 is 5.63 Å². The second-order valence-electron chi connectivity index (χ2n) is 13.3. The van der Waals surface area contributed by atoms with Crippen LogP contribution in [0.4, 0.5) is 0 Å². The van der Waals surface area contributed by atoms with Crippen LogP contribution in [0.3, 0.4) is 0 Å². The molecule has 4 aliphatic carbocycles. The molecule has 0 aromatic carbocycles. The highest BCUT2D eigenvalue weighted by Gasteiger charge is 2.67. The molecule has 0 spiro atoms. The first-order chi connectivity index (χ1) is 16.8. The van der Waals surface area contributed by atoms with Gasteiger partial charge in [-0.05, 0) is 124 Å². The first-order valence-electron chi connectivity index (χ1n) is 14.6. The fraction of sp³-hybridized carbons (Fsp3) is 0.833. The van der Waals surface area contributed by atoms with Crippen LogP contribution in [0, 0.1) is 28.6 Å². The van der Waals surface area contributed by atoms with E-state index in [1.165, 1.54) is 71.0 Å². The van der Waals surface area contributed by atoms with E-state index >= 15 is 0 Å². The minimum Gasteiger partial charge on any atom is -0.431 e. The minimum atomic E-state index is -0.602. The van der Waals surface area contributed by atoms with E-state index in [1.54, 1.807) is 12.3 Å². The summed E-state index contributed by atoms with van der Waals surface area (Å²) < 4.78 is 5.24. The lowest BCUT2D eigenvalue weighted by atomic mass is 9.43. The molecule has 1 unspecified atom stereocenters. The summed E-state index contributed by atoms with van der Waals surface area (Å²) in [4.78, 5) is 14.2. The maximum Gasteiger partial charge on any atom is 0.335 e. The van der Waals surface area contributed by atoms with Gasteiger partial charge in [0.15, 0.2) is 0 Å². The Kier molecular flexibility index (Phi) is 6.21. The van der Waals surface area contributed by atoms with Gasteiger partial charge in [0.2, 0.25) is 0 Å². The van der Waals surface area contributed by atoms with Crippen molar-refractivity contribution in [1.82, 2.24) is 10.2 Å². The fourth-order valence-corrected chi connectivity index (χ4v) is 9.95. The Morgan fingerprint density at radius 3 is 2.63 bits per heavy atom. The van der Waals surface area contributed by atoms with Crippen LogP contribution >= 0.6 is 0 Å². The maximum atomic E-state index is 12.4. The quantitative estimate of drug-likeness (QED) is 0.623. The summed E-state index contributed by atoms with van der Waals surface area (Å²) in [5.74, 6) is 2.11. The van der Waals surface area contributed by atoms with Gasteiger partial charge in [0, 0.05) is 30.6 Å². The zero-order valence-corrected chi connectivity index (χ0v) is 21.9. The monoisotopic (exact) mass is 482 g/mol. The van der Waals surface area contributed by atoms with Crippen molar-refractivity contribution in [3.63, 3.8) is 0 Å². The van der Waals surface area contributed by atoms with Gasteiger partial charge in [0.25, 0.3) is 0 Å². The number of likely N-dealkylation sites (tertiary alicyclic amines) is 1. The topological polar surface area (TPSA) is 65.7 Å². The van der Waals surface area contributed by atoms with Crippen molar-refractivity contribution >= 4 is 0 Å². The smallest absolute Gasteiger partial charge is 0.335 e. The van der Waals surface area contributed by atoms with Crippen molar-refractivity contribution in [2.75, 3.05) is 26.2 Å². The third-order valence-corrected chi connectivity index (χ3v) is 12.0. The normalized spacial score (nSPS) is 45.6. The molecular weight excluding hydrogens is 436 g/mol. The molecule has 1 aromatic rings. The fourth-order valence-electron chi connectivity index (χ4n) is 9.95. The summed E-state index contributed by atoms with van der Waals surface area (Å²) >= 11 is 0. The van der Waals surface area contributed by atoms with Gasteiger partial charge in [-0.15, -0.1) is 0 Å². The molecule has 5 fully saturated rings. The highest BCUT2D eigenvalue weighted by molar-refractivity contribution is 5.27. The van der Waals surface area contributed by atoms with Gasteiger partial charge in [-0.25, -0.2) is 4.79 Å². The highest BCUT2D eigenvalue weighted by atomic mass is 16.4. The molecule has 6 rings (SSSR count). The van der Waals surface area contributed by atoms with Crippen LogP contribution in [0.5, 0.6) is 0 Å². The van der Waals surface area contributed by atoms with Crippen molar-refractivity contribution in [2.24, 2.45) is 28.6 Å². The van der Waals surface area contributed by atoms with Crippen molar-refractivity contribution in [2.45, 2.75) is 102 Å². The predicted molar refractivity (Wildman–Crippen MR) is 138 cm³/mol. The highest BCUT2D eigenvalue weighted by Crippen LogP contribution is 2.70. The number of nitrogens with zero attached hydrogens (tertiary/aromatic N) is 1. The molecule has 1 saturated heterocycles. The molecule has 1 aromatic heterocycles. The number of hydrogen-bond donors (Lipinski definition) is 2. The van der Waals surface area contributed by atoms with E-state index in [1.807, 2.05) is 6.07 Å². The van der Waals surface area contributed by atoms with E-state index in [-0.39, 0.29) is 17.0 Å². The molecule has 35 heavy (non-hydrogen) atoms. The maximum absolute atomic E-state index is 12.4. The van der Waals surface area contributed by atoms with Crippen molar-refractivity contribution in [3.8, 4) is 0 Å². The molecule has 0 amide bonds. The largest absolute Gasteiger partial charge is 0.431 e. The Bertz CT molecular complexity index is 952.